The molecule has 1 aromatic carbocycles. The van der Waals surface area contributed by atoms with Crippen molar-refractivity contribution < 1.29 is 0 Å². The summed E-state index contributed by atoms with van der Waals surface area (Å²) in [7, 11) is 0. The normalized spacial score (nSPS) is 10.5. The molecule has 0 aliphatic carbocycles. The summed E-state index contributed by atoms with van der Waals surface area (Å²) in [5.74, 6) is 0. The third kappa shape index (κ3) is 1.18. The Morgan fingerprint density at radius 3 is 2.92 bits per heavy atom. The molecule has 0 aliphatic rings. The van der Waals surface area contributed by atoms with E-state index in [0.29, 0.717) is 11.1 Å². The maximum Gasteiger partial charge on any atom is 0.258 e. The second kappa shape index (κ2) is 2.62. The number of aromatic amines is 1. The van der Waals surface area contributed by atoms with Crippen molar-refractivity contribution in [2.75, 3.05) is 5.73 Å². The van der Waals surface area contributed by atoms with E-state index in [1.54, 1.807) is 6.07 Å². The number of fused-ring (bicyclic) bond motifs is 1. The Hall–Kier alpha value is -1.77. The first-order chi connectivity index (χ1) is 6.18. The van der Waals surface area contributed by atoms with Crippen LogP contribution in [0.25, 0.3) is 10.8 Å². The van der Waals surface area contributed by atoms with Gasteiger partial charge in [-0.1, -0.05) is 12.1 Å². The summed E-state index contributed by atoms with van der Waals surface area (Å²) >= 11 is 0. The number of nitrogen functional groups attached to an aromatic ring is 1. The lowest BCUT2D eigenvalue weighted by Crippen LogP contribution is -2.09. The molecule has 0 atom stereocenters. The van der Waals surface area contributed by atoms with Crippen LogP contribution in [0.5, 0.6) is 0 Å². The predicted molar refractivity (Wildman–Crippen MR) is 53.7 cm³/mol. The van der Waals surface area contributed by atoms with Crippen LogP contribution in [0.1, 0.15) is 5.69 Å². The zero-order valence-electron chi connectivity index (χ0n) is 7.29. The number of aryl methyl sites for hydroxylation is 1. The summed E-state index contributed by atoms with van der Waals surface area (Å²) in [5.41, 5.74) is 6.95. The molecule has 2 aromatic rings. The molecule has 13 heavy (non-hydrogen) atoms. The highest BCUT2D eigenvalue weighted by molar-refractivity contribution is 5.92. The van der Waals surface area contributed by atoms with E-state index in [4.69, 9.17) is 5.73 Å². The Balaban J connectivity index is 3.03. The lowest BCUT2D eigenvalue weighted by Gasteiger charge is -2.01. The topological polar surface area (TPSA) is 58.9 Å². The van der Waals surface area contributed by atoms with Crippen LogP contribution in [0, 0.1) is 6.92 Å². The fourth-order valence-corrected chi connectivity index (χ4v) is 1.48. The van der Waals surface area contributed by atoms with Gasteiger partial charge in [0.1, 0.15) is 0 Å². The number of anilines is 1. The Morgan fingerprint density at radius 2 is 2.15 bits per heavy atom. The SMILES string of the molecule is Cc1cc2cccc(N)c2c(=O)[nH]1. The molecular formula is C10H10N2O. The molecule has 0 amide bonds. The van der Waals surface area contributed by atoms with Gasteiger partial charge >= 0.3 is 0 Å². The summed E-state index contributed by atoms with van der Waals surface area (Å²) in [5, 5.41) is 1.47. The molecule has 0 radical (unpaired) electrons. The van der Waals surface area contributed by atoms with Crippen LogP contribution in [0.4, 0.5) is 5.69 Å². The van der Waals surface area contributed by atoms with Crippen molar-refractivity contribution >= 4 is 16.5 Å². The number of pyridine rings is 1. The summed E-state index contributed by atoms with van der Waals surface area (Å²) in [6.45, 7) is 1.85. The molecule has 0 fully saturated rings. The molecule has 0 unspecified atom stereocenters. The van der Waals surface area contributed by atoms with E-state index in [1.165, 1.54) is 0 Å². The van der Waals surface area contributed by atoms with Crippen molar-refractivity contribution in [2.24, 2.45) is 0 Å². The van der Waals surface area contributed by atoms with Crippen molar-refractivity contribution in [3.63, 3.8) is 0 Å². The van der Waals surface area contributed by atoms with E-state index < -0.39 is 0 Å². The minimum atomic E-state index is -0.117. The van der Waals surface area contributed by atoms with Gasteiger partial charge in [-0.3, -0.25) is 4.79 Å². The van der Waals surface area contributed by atoms with Gasteiger partial charge in [0.2, 0.25) is 0 Å². The number of nitrogens with one attached hydrogen (secondary N) is 1. The Morgan fingerprint density at radius 1 is 1.38 bits per heavy atom. The Kier molecular flexibility index (Phi) is 1.59. The van der Waals surface area contributed by atoms with E-state index in [1.807, 2.05) is 25.1 Å². The standard InChI is InChI=1S/C10H10N2O/c1-6-5-7-3-2-4-8(11)9(7)10(13)12-6/h2-5H,11H2,1H3,(H,12,13). The number of hydrogen-bond acceptors (Lipinski definition) is 2. The average molecular weight is 174 g/mol. The van der Waals surface area contributed by atoms with Gasteiger partial charge in [-0.2, -0.15) is 0 Å². The van der Waals surface area contributed by atoms with Gasteiger partial charge in [0.15, 0.2) is 0 Å². The molecule has 3 heteroatoms. The maximum absolute atomic E-state index is 11.5. The summed E-state index contributed by atoms with van der Waals surface area (Å²) in [6, 6.07) is 7.37. The predicted octanol–water partition coefficient (Wildman–Crippen LogP) is 1.42. The number of benzene rings is 1. The first-order valence-corrected chi connectivity index (χ1v) is 4.06. The van der Waals surface area contributed by atoms with Gasteiger partial charge in [0, 0.05) is 11.4 Å². The number of nitrogens with two attached hydrogens (primary N) is 1. The molecule has 3 N–H and O–H groups in total. The lowest BCUT2D eigenvalue weighted by atomic mass is 10.1. The molecule has 0 bridgehead atoms. The maximum atomic E-state index is 11.5. The van der Waals surface area contributed by atoms with Gasteiger partial charge < -0.3 is 10.7 Å². The third-order valence-electron chi connectivity index (χ3n) is 2.04. The van der Waals surface area contributed by atoms with Crippen molar-refractivity contribution in [1.82, 2.24) is 4.98 Å². The van der Waals surface area contributed by atoms with Gasteiger partial charge in [0.25, 0.3) is 5.56 Å². The number of rotatable bonds is 0. The van der Waals surface area contributed by atoms with E-state index in [2.05, 4.69) is 4.98 Å². The Bertz CT molecular complexity index is 514. The van der Waals surface area contributed by atoms with E-state index in [-0.39, 0.29) is 5.56 Å². The number of aromatic nitrogens is 1. The van der Waals surface area contributed by atoms with E-state index in [9.17, 15) is 4.79 Å². The molecule has 3 nitrogen and oxygen atoms in total. The van der Waals surface area contributed by atoms with Crippen LogP contribution >= 0.6 is 0 Å². The van der Waals surface area contributed by atoms with Crippen molar-refractivity contribution in [3.05, 3.63) is 40.3 Å². The van der Waals surface area contributed by atoms with Crippen molar-refractivity contribution in [3.8, 4) is 0 Å². The van der Waals surface area contributed by atoms with Crippen LogP contribution in [-0.4, -0.2) is 4.98 Å². The highest BCUT2D eigenvalue weighted by atomic mass is 16.1. The zero-order valence-corrected chi connectivity index (χ0v) is 7.29. The van der Waals surface area contributed by atoms with Crippen LogP contribution < -0.4 is 11.3 Å². The minimum Gasteiger partial charge on any atom is -0.398 e. The average Bonchev–Trinajstić information content (AvgIpc) is 2.02. The molecule has 66 valence electrons. The number of hydrogen-bond donors (Lipinski definition) is 2. The third-order valence-corrected chi connectivity index (χ3v) is 2.04. The molecule has 0 spiro atoms. The fourth-order valence-electron chi connectivity index (χ4n) is 1.48. The van der Waals surface area contributed by atoms with Gasteiger partial charge in [0.05, 0.1) is 5.39 Å². The molecule has 0 saturated carbocycles. The van der Waals surface area contributed by atoms with Crippen LogP contribution in [0.2, 0.25) is 0 Å². The van der Waals surface area contributed by atoms with Crippen LogP contribution in [0.3, 0.4) is 0 Å². The molecule has 0 aliphatic heterocycles. The zero-order chi connectivity index (χ0) is 9.42. The highest BCUT2D eigenvalue weighted by Gasteiger charge is 2.01. The second-order valence-electron chi connectivity index (χ2n) is 3.09. The first kappa shape index (κ1) is 7.86. The highest BCUT2D eigenvalue weighted by Crippen LogP contribution is 2.16. The quantitative estimate of drug-likeness (QED) is 0.593. The molecule has 0 saturated heterocycles. The summed E-state index contributed by atoms with van der Waals surface area (Å²) in [4.78, 5) is 14.2. The lowest BCUT2D eigenvalue weighted by molar-refractivity contribution is 1.17. The monoisotopic (exact) mass is 174 g/mol. The van der Waals surface area contributed by atoms with Gasteiger partial charge in [-0.05, 0) is 24.4 Å². The largest absolute Gasteiger partial charge is 0.398 e. The Labute approximate surface area is 75.2 Å². The molecule has 2 rings (SSSR count). The van der Waals surface area contributed by atoms with Crippen molar-refractivity contribution in [1.29, 1.82) is 0 Å². The van der Waals surface area contributed by atoms with Gasteiger partial charge in [-0.15, -0.1) is 0 Å². The number of H-pyrrole nitrogens is 1. The smallest absolute Gasteiger partial charge is 0.258 e. The van der Waals surface area contributed by atoms with E-state index in [0.717, 1.165) is 11.1 Å². The van der Waals surface area contributed by atoms with Crippen LogP contribution in [0.15, 0.2) is 29.1 Å². The fraction of sp³-hybridized carbons (Fsp3) is 0.100. The van der Waals surface area contributed by atoms with Crippen molar-refractivity contribution in [2.45, 2.75) is 6.92 Å². The molecular weight excluding hydrogens is 164 g/mol. The van der Waals surface area contributed by atoms with Gasteiger partial charge in [-0.25, -0.2) is 0 Å². The van der Waals surface area contributed by atoms with E-state index >= 15 is 0 Å². The minimum absolute atomic E-state index is 0.117. The second-order valence-corrected chi connectivity index (χ2v) is 3.09. The molecule has 1 heterocycles. The first-order valence-electron chi connectivity index (χ1n) is 4.06. The summed E-state index contributed by atoms with van der Waals surface area (Å²) in [6.07, 6.45) is 0. The summed E-state index contributed by atoms with van der Waals surface area (Å²) < 4.78 is 0. The molecule has 1 aromatic heterocycles. The van der Waals surface area contributed by atoms with Crippen LogP contribution in [-0.2, 0) is 0 Å².